The van der Waals surface area contributed by atoms with Crippen molar-refractivity contribution in [3.05, 3.63) is 90.2 Å². The van der Waals surface area contributed by atoms with Crippen LogP contribution in [0.3, 0.4) is 0 Å². The summed E-state index contributed by atoms with van der Waals surface area (Å²) in [5.74, 6) is 0.389. The van der Waals surface area contributed by atoms with E-state index in [0.29, 0.717) is 5.69 Å². The summed E-state index contributed by atoms with van der Waals surface area (Å²) in [6.07, 6.45) is 0. The van der Waals surface area contributed by atoms with Crippen molar-refractivity contribution in [1.82, 2.24) is 4.90 Å². The molecule has 0 saturated carbocycles. The Kier molecular flexibility index (Phi) is 6.48. The van der Waals surface area contributed by atoms with Crippen LogP contribution in [0.25, 0.3) is 0 Å². The molecule has 160 valence electrons. The molecular formula is C25H26FN3O2. The number of hydrogen-bond acceptors (Lipinski definition) is 4. The van der Waals surface area contributed by atoms with Crippen LogP contribution in [0.4, 0.5) is 15.8 Å². The van der Waals surface area contributed by atoms with E-state index >= 15 is 0 Å². The predicted octanol–water partition coefficient (Wildman–Crippen LogP) is 4.34. The monoisotopic (exact) mass is 419 g/mol. The maximum absolute atomic E-state index is 13.3. The average molecular weight is 420 g/mol. The summed E-state index contributed by atoms with van der Waals surface area (Å²) in [5, 5.41) is 2.95. The first kappa shape index (κ1) is 20.9. The number of amides is 1. The number of hydrogen-bond donors (Lipinski definition) is 1. The van der Waals surface area contributed by atoms with E-state index in [2.05, 4.69) is 21.2 Å². The Morgan fingerprint density at radius 1 is 0.935 bits per heavy atom. The molecule has 3 aromatic rings. The van der Waals surface area contributed by atoms with E-state index in [0.717, 1.165) is 43.2 Å². The number of carbonyl (C=O) groups excluding carboxylic acids is 1. The fourth-order valence-corrected chi connectivity index (χ4v) is 3.95. The molecule has 31 heavy (non-hydrogen) atoms. The highest BCUT2D eigenvalue weighted by molar-refractivity contribution is 5.95. The smallest absolute Gasteiger partial charge is 0.246 e. The van der Waals surface area contributed by atoms with Gasteiger partial charge in [0, 0.05) is 43.6 Å². The van der Waals surface area contributed by atoms with E-state index in [-0.39, 0.29) is 11.7 Å². The molecule has 1 N–H and O–H groups in total. The van der Waals surface area contributed by atoms with Crippen LogP contribution in [0.5, 0.6) is 5.75 Å². The van der Waals surface area contributed by atoms with Crippen molar-refractivity contribution in [1.29, 1.82) is 0 Å². The second-order valence-electron chi connectivity index (χ2n) is 7.53. The zero-order chi connectivity index (χ0) is 21.6. The lowest BCUT2D eigenvalue weighted by atomic mass is 10.0. The van der Waals surface area contributed by atoms with Gasteiger partial charge in [0.25, 0.3) is 0 Å². The van der Waals surface area contributed by atoms with Gasteiger partial charge in [0.2, 0.25) is 5.91 Å². The zero-order valence-electron chi connectivity index (χ0n) is 17.5. The third kappa shape index (κ3) is 5.03. The highest BCUT2D eigenvalue weighted by Gasteiger charge is 2.30. The van der Waals surface area contributed by atoms with Crippen LogP contribution in [-0.2, 0) is 4.79 Å². The molecule has 1 atom stereocenters. The highest BCUT2D eigenvalue weighted by Crippen LogP contribution is 2.27. The minimum Gasteiger partial charge on any atom is -0.497 e. The highest BCUT2D eigenvalue weighted by atomic mass is 19.1. The van der Waals surface area contributed by atoms with Gasteiger partial charge in [-0.25, -0.2) is 4.39 Å². The molecule has 0 aliphatic carbocycles. The molecule has 0 spiro atoms. The first-order chi connectivity index (χ1) is 15.1. The molecule has 1 saturated heterocycles. The quantitative estimate of drug-likeness (QED) is 0.646. The van der Waals surface area contributed by atoms with Crippen LogP contribution in [0.2, 0.25) is 0 Å². The first-order valence-corrected chi connectivity index (χ1v) is 10.4. The average Bonchev–Trinajstić information content (AvgIpc) is 2.82. The van der Waals surface area contributed by atoms with Gasteiger partial charge in [-0.15, -0.1) is 0 Å². The summed E-state index contributed by atoms with van der Waals surface area (Å²) in [6.45, 7) is 3.10. The largest absolute Gasteiger partial charge is 0.497 e. The fraction of sp³-hybridized carbons (Fsp3) is 0.240. The van der Waals surface area contributed by atoms with Crippen molar-refractivity contribution in [3.8, 4) is 5.75 Å². The van der Waals surface area contributed by atoms with Crippen molar-refractivity contribution in [3.63, 3.8) is 0 Å². The second kappa shape index (κ2) is 9.62. The van der Waals surface area contributed by atoms with E-state index in [4.69, 9.17) is 4.74 Å². The molecule has 1 unspecified atom stereocenters. The first-order valence-electron chi connectivity index (χ1n) is 10.4. The van der Waals surface area contributed by atoms with Gasteiger partial charge in [0.1, 0.15) is 17.6 Å². The molecule has 0 bridgehead atoms. The summed E-state index contributed by atoms with van der Waals surface area (Å²) >= 11 is 0. The Hall–Kier alpha value is -3.38. The molecule has 0 aromatic heterocycles. The summed E-state index contributed by atoms with van der Waals surface area (Å²) in [4.78, 5) is 17.8. The van der Waals surface area contributed by atoms with Crippen molar-refractivity contribution in [2.75, 3.05) is 43.5 Å². The van der Waals surface area contributed by atoms with Gasteiger partial charge in [0.05, 0.1) is 7.11 Å². The lowest BCUT2D eigenvalue weighted by Crippen LogP contribution is -2.50. The van der Waals surface area contributed by atoms with Gasteiger partial charge >= 0.3 is 0 Å². The summed E-state index contributed by atoms with van der Waals surface area (Å²) in [7, 11) is 1.67. The molecular weight excluding hydrogens is 393 g/mol. The van der Waals surface area contributed by atoms with Gasteiger partial charge in [-0.1, -0.05) is 36.4 Å². The molecule has 1 heterocycles. The lowest BCUT2D eigenvalue weighted by Gasteiger charge is -2.39. The molecule has 3 aromatic carbocycles. The number of nitrogens with one attached hydrogen (secondary N) is 1. The van der Waals surface area contributed by atoms with Gasteiger partial charge in [-0.2, -0.15) is 0 Å². The topological polar surface area (TPSA) is 44.8 Å². The molecule has 4 rings (SSSR count). The summed E-state index contributed by atoms with van der Waals surface area (Å²) in [6, 6.07) is 23.3. The molecule has 5 nitrogen and oxygen atoms in total. The van der Waals surface area contributed by atoms with Gasteiger partial charge in [-0.3, -0.25) is 9.69 Å². The van der Waals surface area contributed by atoms with Crippen LogP contribution in [-0.4, -0.2) is 44.1 Å². The Morgan fingerprint density at radius 3 is 2.32 bits per heavy atom. The zero-order valence-corrected chi connectivity index (χ0v) is 17.5. The maximum Gasteiger partial charge on any atom is 0.246 e. The van der Waals surface area contributed by atoms with Crippen LogP contribution >= 0.6 is 0 Å². The molecule has 6 heteroatoms. The van der Waals surface area contributed by atoms with Crippen molar-refractivity contribution in [2.24, 2.45) is 0 Å². The number of benzene rings is 3. The number of anilines is 2. The molecule has 1 amide bonds. The van der Waals surface area contributed by atoms with Crippen LogP contribution in [0.15, 0.2) is 78.9 Å². The summed E-state index contributed by atoms with van der Waals surface area (Å²) < 4.78 is 18.6. The Balaban J connectivity index is 1.50. The standard InChI is InChI=1S/C25H26FN3O2/c1-31-23-9-5-8-22(18-23)28-14-16-29(17-15-28)24(19-6-3-2-4-7-19)25(30)27-21-12-10-20(26)11-13-21/h2-13,18,24H,14-17H2,1H3,(H,27,30). The number of methoxy groups -OCH3 is 1. The number of rotatable bonds is 6. The molecule has 0 radical (unpaired) electrons. The van der Waals surface area contributed by atoms with E-state index in [1.54, 1.807) is 19.2 Å². The van der Waals surface area contributed by atoms with Crippen molar-refractivity contribution >= 4 is 17.3 Å². The van der Waals surface area contributed by atoms with Crippen LogP contribution in [0, 0.1) is 5.82 Å². The minimum absolute atomic E-state index is 0.118. The normalized spacial score (nSPS) is 15.4. The van der Waals surface area contributed by atoms with Gasteiger partial charge in [0.15, 0.2) is 0 Å². The number of nitrogens with zero attached hydrogens (tertiary/aromatic N) is 2. The van der Waals surface area contributed by atoms with Crippen LogP contribution < -0.4 is 15.0 Å². The van der Waals surface area contributed by atoms with E-state index in [1.807, 2.05) is 48.5 Å². The molecule has 1 fully saturated rings. The Bertz CT molecular complexity index is 1000. The SMILES string of the molecule is COc1cccc(N2CCN(C(C(=O)Nc3ccc(F)cc3)c3ccccc3)CC2)c1. The van der Waals surface area contributed by atoms with E-state index in [1.165, 1.54) is 12.1 Å². The Labute approximate surface area is 182 Å². The molecule has 1 aliphatic rings. The van der Waals surface area contributed by atoms with Crippen molar-refractivity contribution < 1.29 is 13.9 Å². The third-order valence-electron chi connectivity index (χ3n) is 5.57. The van der Waals surface area contributed by atoms with E-state index < -0.39 is 6.04 Å². The maximum atomic E-state index is 13.3. The summed E-state index contributed by atoms with van der Waals surface area (Å²) in [5.41, 5.74) is 2.64. The number of piperazine rings is 1. The number of carbonyl (C=O) groups is 1. The van der Waals surface area contributed by atoms with E-state index in [9.17, 15) is 9.18 Å². The number of halogens is 1. The minimum atomic E-state index is -0.418. The fourth-order valence-electron chi connectivity index (χ4n) is 3.95. The van der Waals surface area contributed by atoms with Gasteiger partial charge < -0.3 is 15.0 Å². The molecule has 1 aliphatic heterocycles. The van der Waals surface area contributed by atoms with Crippen LogP contribution in [0.1, 0.15) is 11.6 Å². The predicted molar refractivity (Wildman–Crippen MR) is 121 cm³/mol. The second-order valence-corrected chi connectivity index (χ2v) is 7.53. The Morgan fingerprint density at radius 2 is 1.65 bits per heavy atom. The van der Waals surface area contributed by atoms with Gasteiger partial charge in [-0.05, 0) is 42.0 Å². The third-order valence-corrected chi connectivity index (χ3v) is 5.57. The van der Waals surface area contributed by atoms with Crippen molar-refractivity contribution in [2.45, 2.75) is 6.04 Å². The lowest BCUT2D eigenvalue weighted by molar-refractivity contribution is -0.121. The number of ether oxygens (including phenoxy) is 1.